The summed E-state index contributed by atoms with van der Waals surface area (Å²) in [5.74, 6) is 0.847. The number of aromatic nitrogens is 1. The summed E-state index contributed by atoms with van der Waals surface area (Å²) in [7, 11) is 0. The Hall–Kier alpha value is -2.67. The van der Waals surface area contributed by atoms with Gasteiger partial charge in [-0.1, -0.05) is 54.6 Å². The number of rotatable bonds is 8. The minimum Gasteiger partial charge on any atom is -0.494 e. The second-order valence-corrected chi connectivity index (χ2v) is 7.95. The van der Waals surface area contributed by atoms with Crippen molar-refractivity contribution in [3.8, 4) is 28.1 Å². The smallest absolute Gasteiger partial charge is 0.190 e. The maximum absolute atomic E-state index is 9.40. The summed E-state index contributed by atoms with van der Waals surface area (Å²) >= 11 is 1.61. The van der Waals surface area contributed by atoms with Crippen molar-refractivity contribution in [1.82, 2.24) is 4.57 Å². The van der Waals surface area contributed by atoms with Gasteiger partial charge in [-0.15, -0.1) is 28.3 Å². The number of hydrogen-bond acceptors (Lipinski definition) is 4. The van der Waals surface area contributed by atoms with Crippen LogP contribution in [-0.2, 0) is 6.54 Å². The predicted molar refractivity (Wildman–Crippen MR) is 138 cm³/mol. The van der Waals surface area contributed by atoms with Crippen molar-refractivity contribution in [2.45, 2.75) is 19.9 Å². The molecule has 0 spiro atoms. The molecule has 0 bridgehead atoms. The molecule has 0 unspecified atom stereocenters. The number of nitrogens with zero attached hydrogens (tertiary/aromatic N) is 2. The van der Waals surface area contributed by atoms with Gasteiger partial charge in [0.2, 0.25) is 0 Å². The van der Waals surface area contributed by atoms with Gasteiger partial charge in [0.25, 0.3) is 0 Å². The van der Waals surface area contributed by atoms with E-state index in [4.69, 9.17) is 9.73 Å². The SMILES string of the molecule is Br.CCOc1ccc(N=c2scc(-c3ccc(-c4ccccc4)cc3)n2CCCO)cc1. The van der Waals surface area contributed by atoms with Crippen LogP contribution in [0.3, 0.4) is 0 Å². The molecule has 0 atom stereocenters. The molecule has 0 radical (unpaired) electrons. The van der Waals surface area contributed by atoms with Crippen molar-refractivity contribution < 1.29 is 9.84 Å². The molecule has 166 valence electrons. The van der Waals surface area contributed by atoms with Crippen LogP contribution in [0, 0.1) is 0 Å². The molecule has 32 heavy (non-hydrogen) atoms. The summed E-state index contributed by atoms with van der Waals surface area (Å²) < 4.78 is 7.71. The average molecular weight is 511 g/mol. The van der Waals surface area contributed by atoms with Crippen molar-refractivity contribution in [3.05, 3.63) is 89.0 Å². The highest BCUT2D eigenvalue weighted by atomic mass is 79.9. The highest BCUT2D eigenvalue weighted by molar-refractivity contribution is 8.93. The zero-order valence-electron chi connectivity index (χ0n) is 18.0. The molecule has 4 aromatic rings. The Morgan fingerprint density at radius 2 is 1.53 bits per heavy atom. The van der Waals surface area contributed by atoms with Gasteiger partial charge in [0.05, 0.1) is 18.0 Å². The summed E-state index contributed by atoms with van der Waals surface area (Å²) in [4.78, 5) is 5.77. The molecule has 0 aliphatic heterocycles. The van der Waals surface area contributed by atoms with Crippen LogP contribution >= 0.6 is 28.3 Å². The van der Waals surface area contributed by atoms with E-state index in [0.29, 0.717) is 19.6 Å². The van der Waals surface area contributed by atoms with Crippen LogP contribution in [0.5, 0.6) is 5.75 Å². The maximum atomic E-state index is 9.40. The minimum atomic E-state index is 0. The Bertz CT molecular complexity index is 1170. The van der Waals surface area contributed by atoms with E-state index in [0.717, 1.165) is 27.5 Å². The first-order chi connectivity index (χ1) is 15.3. The van der Waals surface area contributed by atoms with Crippen LogP contribution in [0.2, 0.25) is 0 Å². The largest absolute Gasteiger partial charge is 0.494 e. The van der Waals surface area contributed by atoms with Gasteiger partial charge in [-0.2, -0.15) is 0 Å². The van der Waals surface area contributed by atoms with Gasteiger partial charge in [-0.05, 0) is 54.3 Å². The molecule has 0 aliphatic carbocycles. The Morgan fingerprint density at radius 1 is 0.875 bits per heavy atom. The molecule has 1 N–H and O–H groups in total. The second-order valence-electron chi connectivity index (χ2n) is 7.11. The quantitative estimate of drug-likeness (QED) is 0.295. The first kappa shape index (κ1) is 24.0. The highest BCUT2D eigenvalue weighted by Gasteiger charge is 2.09. The number of hydrogen-bond donors (Lipinski definition) is 1. The highest BCUT2D eigenvalue weighted by Crippen LogP contribution is 2.26. The molecule has 4 rings (SSSR count). The number of ether oxygens (including phenoxy) is 1. The fourth-order valence-corrected chi connectivity index (χ4v) is 4.41. The lowest BCUT2D eigenvalue weighted by Crippen LogP contribution is -2.16. The number of aliphatic hydroxyl groups excluding tert-OH is 1. The molecule has 0 amide bonds. The van der Waals surface area contributed by atoms with Crippen molar-refractivity contribution in [1.29, 1.82) is 0 Å². The molecule has 1 heterocycles. The molecule has 0 aliphatic rings. The summed E-state index contributed by atoms with van der Waals surface area (Å²) in [5.41, 5.74) is 5.54. The Balaban J connectivity index is 0.00000289. The van der Waals surface area contributed by atoms with E-state index in [1.165, 1.54) is 11.1 Å². The molecule has 0 saturated heterocycles. The number of halogens is 1. The zero-order valence-corrected chi connectivity index (χ0v) is 20.5. The Labute approximate surface area is 203 Å². The van der Waals surface area contributed by atoms with Gasteiger partial charge < -0.3 is 14.4 Å². The molecule has 4 nitrogen and oxygen atoms in total. The van der Waals surface area contributed by atoms with Gasteiger partial charge in [0.1, 0.15) is 5.75 Å². The van der Waals surface area contributed by atoms with Gasteiger partial charge in [0, 0.05) is 18.5 Å². The maximum Gasteiger partial charge on any atom is 0.190 e. The van der Waals surface area contributed by atoms with E-state index in [2.05, 4.69) is 58.5 Å². The van der Waals surface area contributed by atoms with Crippen LogP contribution in [0.1, 0.15) is 13.3 Å². The fourth-order valence-electron chi connectivity index (χ4n) is 3.45. The third kappa shape index (κ3) is 5.76. The van der Waals surface area contributed by atoms with E-state index < -0.39 is 0 Å². The van der Waals surface area contributed by atoms with E-state index >= 15 is 0 Å². The molecular formula is C26H27BrN2O2S. The Kier molecular flexibility index (Phi) is 8.85. The lowest BCUT2D eigenvalue weighted by atomic mass is 10.0. The van der Waals surface area contributed by atoms with Gasteiger partial charge in [-0.3, -0.25) is 0 Å². The molecule has 1 aromatic heterocycles. The monoisotopic (exact) mass is 510 g/mol. The lowest BCUT2D eigenvalue weighted by Gasteiger charge is -2.09. The van der Waals surface area contributed by atoms with Crippen LogP contribution in [0.4, 0.5) is 5.69 Å². The van der Waals surface area contributed by atoms with E-state index in [9.17, 15) is 5.11 Å². The summed E-state index contributed by atoms with van der Waals surface area (Å²) in [6.45, 7) is 3.49. The summed E-state index contributed by atoms with van der Waals surface area (Å²) in [5, 5.41) is 11.5. The lowest BCUT2D eigenvalue weighted by molar-refractivity contribution is 0.279. The van der Waals surface area contributed by atoms with Crippen molar-refractivity contribution in [3.63, 3.8) is 0 Å². The van der Waals surface area contributed by atoms with Gasteiger partial charge in [-0.25, -0.2) is 4.99 Å². The molecular weight excluding hydrogens is 484 g/mol. The third-order valence-electron chi connectivity index (χ3n) is 5.00. The minimum absolute atomic E-state index is 0. The molecule has 3 aromatic carbocycles. The van der Waals surface area contributed by atoms with Crippen LogP contribution in [0.15, 0.2) is 89.2 Å². The van der Waals surface area contributed by atoms with Crippen molar-refractivity contribution >= 4 is 34.0 Å². The van der Waals surface area contributed by atoms with Crippen molar-refractivity contribution in [2.24, 2.45) is 4.99 Å². The van der Waals surface area contributed by atoms with E-state index in [-0.39, 0.29) is 23.6 Å². The fraction of sp³-hybridized carbons (Fsp3) is 0.192. The van der Waals surface area contributed by atoms with E-state index in [1.807, 2.05) is 37.3 Å². The third-order valence-corrected chi connectivity index (χ3v) is 5.86. The first-order valence-corrected chi connectivity index (χ1v) is 11.4. The Morgan fingerprint density at radius 3 is 2.19 bits per heavy atom. The average Bonchev–Trinajstić information content (AvgIpc) is 3.22. The zero-order chi connectivity index (χ0) is 21.5. The van der Waals surface area contributed by atoms with Gasteiger partial charge >= 0.3 is 0 Å². The van der Waals surface area contributed by atoms with Gasteiger partial charge in [0.15, 0.2) is 4.80 Å². The topological polar surface area (TPSA) is 46.8 Å². The summed E-state index contributed by atoms with van der Waals surface area (Å²) in [6.07, 6.45) is 0.683. The van der Waals surface area contributed by atoms with Crippen LogP contribution < -0.4 is 9.54 Å². The van der Waals surface area contributed by atoms with Crippen molar-refractivity contribution in [2.75, 3.05) is 13.2 Å². The summed E-state index contributed by atoms with van der Waals surface area (Å²) in [6, 6.07) is 26.8. The first-order valence-electron chi connectivity index (χ1n) is 10.5. The number of thiazole rings is 1. The predicted octanol–water partition coefficient (Wildman–Crippen LogP) is 6.48. The van der Waals surface area contributed by atoms with Crippen LogP contribution in [-0.4, -0.2) is 22.9 Å². The number of aliphatic hydroxyl groups is 1. The number of benzene rings is 3. The molecule has 0 saturated carbocycles. The standard InChI is InChI=1S/C26H26N2O2S.BrH/c1-2-30-24-15-13-23(14-16-24)27-26-28(17-6-18-29)25(19-31-26)22-11-9-21(10-12-22)20-7-4-3-5-8-20;/h3-5,7-16,19,29H,2,6,17-18H2,1H3;1H. The second kappa shape index (κ2) is 11.8. The molecule has 0 fully saturated rings. The van der Waals surface area contributed by atoms with E-state index in [1.54, 1.807) is 11.3 Å². The normalized spacial score (nSPS) is 11.2. The molecule has 6 heteroatoms. The van der Waals surface area contributed by atoms with Crippen LogP contribution in [0.25, 0.3) is 22.4 Å².